The Morgan fingerprint density at radius 3 is 2.70 bits per heavy atom. The molecule has 3 heteroatoms. The molecule has 0 unspecified atom stereocenters. The molecule has 0 radical (unpaired) electrons. The highest BCUT2D eigenvalue weighted by atomic mass is 16.2. The third-order valence-corrected chi connectivity index (χ3v) is 3.09. The fourth-order valence-electron chi connectivity index (χ4n) is 1.86. The van der Waals surface area contributed by atoms with Crippen molar-refractivity contribution in [1.82, 2.24) is 4.90 Å². The SMILES string of the molecule is CC(C)CCC(=O)N(C)Cc1ccccc1C#CCO. The van der Waals surface area contributed by atoms with Gasteiger partial charge in [-0.1, -0.05) is 43.9 Å². The second-order valence-corrected chi connectivity index (χ2v) is 5.30. The molecule has 1 amide bonds. The normalized spacial score (nSPS) is 10.1. The molecule has 0 atom stereocenters. The molecule has 108 valence electrons. The van der Waals surface area contributed by atoms with E-state index in [9.17, 15) is 4.79 Å². The predicted octanol–water partition coefficient (Wildman–Crippen LogP) is 2.43. The number of hydrogen-bond acceptors (Lipinski definition) is 2. The van der Waals surface area contributed by atoms with E-state index in [0.29, 0.717) is 18.9 Å². The third kappa shape index (κ3) is 5.46. The van der Waals surface area contributed by atoms with Crippen molar-refractivity contribution < 1.29 is 9.90 Å². The van der Waals surface area contributed by atoms with Crippen molar-refractivity contribution in [1.29, 1.82) is 0 Å². The van der Waals surface area contributed by atoms with Crippen LogP contribution in [0.2, 0.25) is 0 Å². The van der Waals surface area contributed by atoms with Gasteiger partial charge in [0, 0.05) is 25.6 Å². The predicted molar refractivity (Wildman–Crippen MR) is 81.0 cm³/mol. The van der Waals surface area contributed by atoms with Gasteiger partial charge in [0.15, 0.2) is 0 Å². The van der Waals surface area contributed by atoms with Gasteiger partial charge in [0.1, 0.15) is 6.61 Å². The summed E-state index contributed by atoms with van der Waals surface area (Å²) in [5, 5.41) is 8.77. The van der Waals surface area contributed by atoms with Crippen molar-refractivity contribution in [2.45, 2.75) is 33.2 Å². The number of rotatable bonds is 5. The number of carbonyl (C=O) groups is 1. The zero-order chi connectivity index (χ0) is 15.0. The lowest BCUT2D eigenvalue weighted by Crippen LogP contribution is -2.26. The van der Waals surface area contributed by atoms with E-state index in [4.69, 9.17) is 5.11 Å². The van der Waals surface area contributed by atoms with E-state index in [2.05, 4.69) is 25.7 Å². The standard InChI is InChI=1S/C17H23NO2/c1-14(2)10-11-17(20)18(3)13-16-8-5-4-7-15(16)9-6-12-19/h4-5,7-8,14,19H,10-13H2,1-3H3. The number of amides is 1. The van der Waals surface area contributed by atoms with Gasteiger partial charge < -0.3 is 10.0 Å². The quantitative estimate of drug-likeness (QED) is 0.837. The third-order valence-electron chi connectivity index (χ3n) is 3.09. The molecule has 20 heavy (non-hydrogen) atoms. The van der Waals surface area contributed by atoms with Gasteiger partial charge in [0.05, 0.1) is 0 Å². The van der Waals surface area contributed by atoms with E-state index >= 15 is 0 Å². The van der Waals surface area contributed by atoms with Crippen LogP contribution in [0.5, 0.6) is 0 Å². The van der Waals surface area contributed by atoms with Crippen LogP contribution in [0.4, 0.5) is 0 Å². The van der Waals surface area contributed by atoms with Crippen LogP contribution in [-0.2, 0) is 11.3 Å². The maximum atomic E-state index is 12.0. The summed E-state index contributed by atoms with van der Waals surface area (Å²) in [7, 11) is 1.82. The molecule has 3 nitrogen and oxygen atoms in total. The minimum atomic E-state index is -0.155. The Bertz CT molecular complexity index is 497. The molecule has 0 aliphatic heterocycles. The second kappa shape index (κ2) is 8.39. The molecule has 1 aromatic rings. The molecule has 0 aliphatic carbocycles. The molecule has 0 saturated heterocycles. The van der Waals surface area contributed by atoms with Crippen molar-refractivity contribution in [3.05, 3.63) is 35.4 Å². The Morgan fingerprint density at radius 2 is 2.05 bits per heavy atom. The van der Waals surface area contributed by atoms with Crippen LogP contribution >= 0.6 is 0 Å². The van der Waals surface area contributed by atoms with Gasteiger partial charge in [-0.05, 0) is 24.0 Å². The molecule has 0 fully saturated rings. The van der Waals surface area contributed by atoms with Crippen LogP contribution in [-0.4, -0.2) is 29.6 Å². The van der Waals surface area contributed by atoms with E-state index in [1.807, 2.05) is 31.3 Å². The zero-order valence-corrected chi connectivity index (χ0v) is 12.5. The molecule has 1 N–H and O–H groups in total. The number of carbonyl (C=O) groups excluding carboxylic acids is 1. The monoisotopic (exact) mass is 273 g/mol. The van der Waals surface area contributed by atoms with Crippen LogP contribution < -0.4 is 0 Å². The van der Waals surface area contributed by atoms with Crippen LogP contribution in [0.25, 0.3) is 0 Å². The van der Waals surface area contributed by atoms with Crippen molar-refractivity contribution in [2.24, 2.45) is 5.92 Å². The molecule has 0 bridgehead atoms. The lowest BCUT2D eigenvalue weighted by molar-refractivity contribution is -0.130. The average molecular weight is 273 g/mol. The summed E-state index contributed by atoms with van der Waals surface area (Å²) < 4.78 is 0. The Labute approximate surface area is 121 Å². The summed E-state index contributed by atoms with van der Waals surface area (Å²) in [5.41, 5.74) is 1.87. The Kier molecular flexibility index (Phi) is 6.83. The topological polar surface area (TPSA) is 40.5 Å². The van der Waals surface area contributed by atoms with Gasteiger partial charge in [-0.3, -0.25) is 4.79 Å². The van der Waals surface area contributed by atoms with E-state index in [1.54, 1.807) is 4.90 Å². The molecule has 0 saturated carbocycles. The van der Waals surface area contributed by atoms with Crippen LogP contribution in [0.1, 0.15) is 37.8 Å². The molecular formula is C17H23NO2. The van der Waals surface area contributed by atoms with Gasteiger partial charge in [-0.15, -0.1) is 0 Å². The first-order chi connectivity index (χ1) is 9.54. The molecule has 0 aromatic heterocycles. The first-order valence-electron chi connectivity index (χ1n) is 6.96. The fraction of sp³-hybridized carbons (Fsp3) is 0.471. The summed E-state index contributed by atoms with van der Waals surface area (Å²) in [6.07, 6.45) is 1.49. The number of aliphatic hydroxyl groups is 1. The highest BCUT2D eigenvalue weighted by molar-refractivity contribution is 5.75. The van der Waals surface area contributed by atoms with Gasteiger partial charge >= 0.3 is 0 Å². The molecule has 0 aliphatic rings. The van der Waals surface area contributed by atoms with Crippen LogP contribution in [0, 0.1) is 17.8 Å². The Morgan fingerprint density at radius 1 is 1.35 bits per heavy atom. The molecule has 1 rings (SSSR count). The number of aliphatic hydroxyl groups excluding tert-OH is 1. The Balaban J connectivity index is 2.70. The van der Waals surface area contributed by atoms with Gasteiger partial charge in [-0.2, -0.15) is 0 Å². The first-order valence-corrected chi connectivity index (χ1v) is 6.96. The molecular weight excluding hydrogens is 250 g/mol. The minimum Gasteiger partial charge on any atom is -0.384 e. The largest absolute Gasteiger partial charge is 0.384 e. The number of benzene rings is 1. The first kappa shape index (κ1) is 16.3. The average Bonchev–Trinajstić information content (AvgIpc) is 2.43. The minimum absolute atomic E-state index is 0.155. The highest BCUT2D eigenvalue weighted by Gasteiger charge is 2.11. The summed E-state index contributed by atoms with van der Waals surface area (Å²) in [6, 6.07) is 7.72. The molecule has 0 spiro atoms. The summed E-state index contributed by atoms with van der Waals surface area (Å²) in [5.74, 6) is 6.26. The van der Waals surface area contributed by atoms with Crippen molar-refractivity contribution in [2.75, 3.05) is 13.7 Å². The van der Waals surface area contributed by atoms with E-state index in [1.165, 1.54) is 0 Å². The van der Waals surface area contributed by atoms with E-state index in [-0.39, 0.29) is 12.5 Å². The maximum Gasteiger partial charge on any atom is 0.222 e. The Hall–Kier alpha value is -1.79. The second-order valence-electron chi connectivity index (χ2n) is 5.30. The molecule has 1 aromatic carbocycles. The van der Waals surface area contributed by atoms with Crippen molar-refractivity contribution in [3.8, 4) is 11.8 Å². The van der Waals surface area contributed by atoms with Crippen molar-refractivity contribution >= 4 is 5.91 Å². The summed E-state index contributed by atoms with van der Waals surface area (Å²) in [6.45, 7) is 4.63. The summed E-state index contributed by atoms with van der Waals surface area (Å²) >= 11 is 0. The smallest absolute Gasteiger partial charge is 0.222 e. The van der Waals surface area contributed by atoms with E-state index in [0.717, 1.165) is 17.5 Å². The van der Waals surface area contributed by atoms with Gasteiger partial charge in [0.25, 0.3) is 0 Å². The fourth-order valence-corrected chi connectivity index (χ4v) is 1.86. The van der Waals surface area contributed by atoms with Crippen molar-refractivity contribution in [3.63, 3.8) is 0 Å². The lowest BCUT2D eigenvalue weighted by atomic mass is 10.1. The molecule has 0 heterocycles. The van der Waals surface area contributed by atoms with Crippen LogP contribution in [0.3, 0.4) is 0 Å². The number of nitrogens with zero attached hydrogens (tertiary/aromatic N) is 1. The zero-order valence-electron chi connectivity index (χ0n) is 12.5. The van der Waals surface area contributed by atoms with Gasteiger partial charge in [0.2, 0.25) is 5.91 Å². The number of hydrogen-bond donors (Lipinski definition) is 1. The van der Waals surface area contributed by atoms with Crippen LogP contribution in [0.15, 0.2) is 24.3 Å². The lowest BCUT2D eigenvalue weighted by Gasteiger charge is -2.18. The highest BCUT2D eigenvalue weighted by Crippen LogP contribution is 2.12. The summed E-state index contributed by atoms with van der Waals surface area (Å²) in [4.78, 5) is 13.8. The van der Waals surface area contributed by atoms with E-state index < -0.39 is 0 Å². The van der Waals surface area contributed by atoms with Gasteiger partial charge in [-0.25, -0.2) is 0 Å². The maximum absolute atomic E-state index is 12.0.